The third-order valence-electron chi connectivity index (χ3n) is 3.62. The topological polar surface area (TPSA) is 68.9 Å². The van der Waals surface area contributed by atoms with Crippen molar-refractivity contribution in [3.05, 3.63) is 68.3 Å². The Morgan fingerprint density at radius 3 is 2.62 bits per heavy atom. The highest BCUT2D eigenvalue weighted by molar-refractivity contribution is 7.71. The molecule has 0 aliphatic heterocycles. The van der Waals surface area contributed by atoms with Crippen LogP contribution in [0.2, 0.25) is 0 Å². The fourth-order valence-electron chi connectivity index (χ4n) is 2.53. The van der Waals surface area contributed by atoms with Crippen molar-refractivity contribution < 1.29 is 5.11 Å². The number of benzene rings is 2. The molecule has 2 aromatic carbocycles. The number of phenolic OH excluding ortho intramolecular Hbond substituents is 1. The second-order valence-electron chi connectivity index (χ2n) is 4.97. The summed E-state index contributed by atoms with van der Waals surface area (Å²) in [6, 6.07) is 11.3. The van der Waals surface area contributed by atoms with Crippen molar-refractivity contribution >= 4 is 23.0 Å². The molecule has 3 aromatic rings. The molecule has 21 heavy (non-hydrogen) atoms. The van der Waals surface area contributed by atoms with Crippen LogP contribution in [0.4, 0.5) is 0 Å². The molecule has 0 saturated heterocycles. The molecule has 0 aliphatic carbocycles. The minimum absolute atomic E-state index is 0.190. The Kier molecular flexibility index (Phi) is 3.35. The first-order valence-electron chi connectivity index (χ1n) is 6.58. The summed E-state index contributed by atoms with van der Waals surface area (Å²) >= 11 is 4.95. The average Bonchev–Trinajstić information content (AvgIpc) is 2.44. The lowest BCUT2D eigenvalue weighted by atomic mass is 9.97. The molecule has 0 aliphatic rings. The molecule has 1 aromatic heterocycles. The van der Waals surface area contributed by atoms with E-state index in [0.29, 0.717) is 16.8 Å². The van der Waals surface area contributed by atoms with E-state index < -0.39 is 0 Å². The summed E-state index contributed by atoms with van der Waals surface area (Å²) in [5.74, 6) is 0.190. The van der Waals surface area contributed by atoms with Gasteiger partial charge in [-0.25, -0.2) is 0 Å². The quantitative estimate of drug-likeness (QED) is 0.636. The van der Waals surface area contributed by atoms with Crippen LogP contribution in [0.15, 0.2) is 41.2 Å². The van der Waals surface area contributed by atoms with E-state index in [0.717, 1.165) is 22.0 Å². The molecule has 4 nitrogen and oxygen atoms in total. The summed E-state index contributed by atoms with van der Waals surface area (Å²) in [5.41, 5.74) is 1.82. The molecule has 0 saturated carbocycles. The smallest absolute Gasteiger partial charge is 0.255 e. The van der Waals surface area contributed by atoms with Crippen LogP contribution in [0, 0.1) is 11.7 Å². The van der Waals surface area contributed by atoms with Crippen LogP contribution >= 0.6 is 12.2 Å². The van der Waals surface area contributed by atoms with E-state index in [1.807, 2.05) is 37.3 Å². The molecule has 0 spiro atoms. The molecule has 0 radical (unpaired) electrons. The maximum atomic E-state index is 12.1. The van der Waals surface area contributed by atoms with Gasteiger partial charge in [0.05, 0.1) is 0 Å². The highest BCUT2D eigenvalue weighted by Crippen LogP contribution is 2.28. The number of nitrogens with one attached hydrogen (secondary N) is 2. The first kappa shape index (κ1) is 13.6. The van der Waals surface area contributed by atoms with E-state index in [9.17, 15) is 9.90 Å². The predicted octanol–water partition coefficient (Wildman–Crippen LogP) is 3.19. The number of aromatic amines is 2. The molecule has 106 valence electrons. The zero-order valence-electron chi connectivity index (χ0n) is 11.4. The standard InChI is InChI=1S/C16H14N2O2S/c1-9-12(15(20)18-16(21)17-9)8-13-11-5-3-2-4-10(11)6-7-14(13)19/h2-7,19H,8H2,1H3,(H2,17,18,20,21). The molecule has 3 rings (SSSR count). The SMILES string of the molecule is Cc1[nH]c(=S)[nH]c(=O)c1Cc1c(O)ccc2ccccc12. The molecule has 0 unspecified atom stereocenters. The number of rotatable bonds is 2. The first-order valence-corrected chi connectivity index (χ1v) is 6.99. The van der Waals surface area contributed by atoms with Crippen LogP contribution in [0.1, 0.15) is 16.8 Å². The minimum atomic E-state index is -0.219. The number of aromatic nitrogens is 2. The fourth-order valence-corrected chi connectivity index (χ4v) is 2.77. The number of phenols is 1. The first-order chi connectivity index (χ1) is 10.1. The van der Waals surface area contributed by atoms with E-state index in [-0.39, 0.29) is 11.3 Å². The summed E-state index contributed by atoms with van der Waals surface area (Å²) in [7, 11) is 0. The van der Waals surface area contributed by atoms with Crippen molar-refractivity contribution in [3.63, 3.8) is 0 Å². The molecule has 0 bridgehead atoms. The second-order valence-corrected chi connectivity index (χ2v) is 5.38. The fraction of sp³-hybridized carbons (Fsp3) is 0.125. The maximum Gasteiger partial charge on any atom is 0.255 e. The van der Waals surface area contributed by atoms with Gasteiger partial charge in [0.2, 0.25) is 0 Å². The van der Waals surface area contributed by atoms with Gasteiger partial charge in [0, 0.05) is 23.2 Å². The maximum absolute atomic E-state index is 12.1. The van der Waals surface area contributed by atoms with E-state index in [4.69, 9.17) is 12.2 Å². The predicted molar refractivity (Wildman–Crippen MR) is 85.4 cm³/mol. The molecular weight excluding hydrogens is 284 g/mol. The van der Waals surface area contributed by atoms with Crippen LogP contribution in [0.25, 0.3) is 10.8 Å². The lowest BCUT2D eigenvalue weighted by Crippen LogP contribution is -2.16. The zero-order chi connectivity index (χ0) is 15.0. The van der Waals surface area contributed by atoms with Crippen molar-refractivity contribution in [2.24, 2.45) is 0 Å². The molecular formula is C16H14N2O2S. The Labute approximate surface area is 126 Å². The highest BCUT2D eigenvalue weighted by Gasteiger charge is 2.12. The van der Waals surface area contributed by atoms with E-state index in [1.165, 1.54) is 0 Å². The van der Waals surface area contributed by atoms with Gasteiger partial charge in [0.1, 0.15) is 5.75 Å². The van der Waals surface area contributed by atoms with Crippen LogP contribution in [0.3, 0.4) is 0 Å². The Hall–Kier alpha value is -2.40. The number of aromatic hydroxyl groups is 1. The van der Waals surface area contributed by atoms with Crippen molar-refractivity contribution in [1.82, 2.24) is 9.97 Å². The summed E-state index contributed by atoms with van der Waals surface area (Å²) in [5, 5.41) is 12.1. The van der Waals surface area contributed by atoms with Gasteiger partial charge in [-0.1, -0.05) is 30.3 Å². The monoisotopic (exact) mass is 298 g/mol. The molecule has 3 N–H and O–H groups in total. The van der Waals surface area contributed by atoms with Gasteiger partial charge in [0.25, 0.3) is 5.56 Å². The van der Waals surface area contributed by atoms with Gasteiger partial charge in [-0.2, -0.15) is 0 Å². The molecule has 1 heterocycles. The van der Waals surface area contributed by atoms with Gasteiger partial charge >= 0.3 is 0 Å². The Morgan fingerprint density at radius 1 is 1.10 bits per heavy atom. The number of hydrogen-bond acceptors (Lipinski definition) is 3. The zero-order valence-corrected chi connectivity index (χ0v) is 12.3. The average molecular weight is 298 g/mol. The van der Waals surface area contributed by atoms with Gasteiger partial charge in [-0.3, -0.25) is 9.78 Å². The molecule has 0 amide bonds. The van der Waals surface area contributed by atoms with E-state index in [1.54, 1.807) is 6.07 Å². The van der Waals surface area contributed by atoms with Crippen molar-refractivity contribution in [2.75, 3.05) is 0 Å². The van der Waals surface area contributed by atoms with Crippen LogP contribution in [0.5, 0.6) is 5.75 Å². The van der Waals surface area contributed by atoms with Crippen molar-refractivity contribution in [2.45, 2.75) is 13.3 Å². The minimum Gasteiger partial charge on any atom is -0.508 e. The summed E-state index contributed by atoms with van der Waals surface area (Å²) < 4.78 is 0.309. The summed E-state index contributed by atoms with van der Waals surface area (Å²) in [6.45, 7) is 1.81. The van der Waals surface area contributed by atoms with Crippen LogP contribution < -0.4 is 5.56 Å². The van der Waals surface area contributed by atoms with E-state index >= 15 is 0 Å². The lowest BCUT2D eigenvalue weighted by molar-refractivity contribution is 0.470. The van der Waals surface area contributed by atoms with Gasteiger partial charge < -0.3 is 10.1 Å². The molecule has 0 atom stereocenters. The largest absolute Gasteiger partial charge is 0.508 e. The van der Waals surface area contributed by atoms with E-state index in [2.05, 4.69) is 9.97 Å². The lowest BCUT2D eigenvalue weighted by Gasteiger charge is -2.10. The van der Waals surface area contributed by atoms with Gasteiger partial charge in [0.15, 0.2) is 4.77 Å². The number of fused-ring (bicyclic) bond motifs is 1. The molecule has 5 heteroatoms. The third-order valence-corrected chi connectivity index (χ3v) is 3.83. The Morgan fingerprint density at radius 2 is 1.86 bits per heavy atom. The Balaban J connectivity index is 2.21. The Bertz CT molecular complexity index is 941. The second kappa shape index (κ2) is 5.18. The molecule has 0 fully saturated rings. The number of H-pyrrole nitrogens is 2. The van der Waals surface area contributed by atoms with Gasteiger partial charge in [-0.05, 0) is 36.0 Å². The number of aryl methyl sites for hydroxylation is 1. The van der Waals surface area contributed by atoms with Crippen LogP contribution in [-0.2, 0) is 6.42 Å². The number of hydrogen-bond donors (Lipinski definition) is 3. The van der Waals surface area contributed by atoms with Crippen molar-refractivity contribution in [3.8, 4) is 5.75 Å². The summed E-state index contributed by atoms with van der Waals surface area (Å²) in [6.07, 6.45) is 0.348. The highest BCUT2D eigenvalue weighted by atomic mass is 32.1. The summed E-state index contributed by atoms with van der Waals surface area (Å²) in [4.78, 5) is 17.6. The normalized spacial score (nSPS) is 10.9. The van der Waals surface area contributed by atoms with Crippen molar-refractivity contribution in [1.29, 1.82) is 0 Å². The van der Waals surface area contributed by atoms with Crippen LogP contribution in [-0.4, -0.2) is 15.1 Å². The third kappa shape index (κ3) is 2.48. The van der Waals surface area contributed by atoms with Gasteiger partial charge in [-0.15, -0.1) is 0 Å².